The van der Waals surface area contributed by atoms with Crippen LogP contribution < -0.4 is 21.3 Å². The molecule has 10 heteroatoms. The van der Waals surface area contributed by atoms with Crippen LogP contribution in [-0.4, -0.2) is 53.2 Å². The number of hydrogen-bond acceptors (Lipinski definition) is 6. The molecule has 166 valence electrons. The predicted octanol–water partition coefficient (Wildman–Crippen LogP) is 1.44. The van der Waals surface area contributed by atoms with E-state index in [4.69, 9.17) is 10.5 Å². The average molecular weight is 437 g/mol. The van der Waals surface area contributed by atoms with Crippen LogP contribution in [0.5, 0.6) is 0 Å². The number of nitrogens with zero attached hydrogens (tertiary/aromatic N) is 1. The maximum Gasteiger partial charge on any atom is 0.259 e. The molecular formula is C22H23N5O5. The third kappa shape index (κ3) is 4.27. The zero-order valence-corrected chi connectivity index (χ0v) is 17.3. The molecule has 2 atom stereocenters. The Kier molecular flexibility index (Phi) is 5.80. The lowest BCUT2D eigenvalue weighted by Crippen LogP contribution is -2.55. The molecule has 6 N–H and O–H groups in total. The van der Waals surface area contributed by atoms with Gasteiger partial charge in [-0.15, -0.1) is 0 Å². The number of benzene rings is 2. The number of carbonyl (C=O) groups is 3. The minimum atomic E-state index is -1.70. The maximum atomic E-state index is 12.9. The van der Waals surface area contributed by atoms with Crippen molar-refractivity contribution in [1.82, 2.24) is 4.98 Å². The molecule has 1 aliphatic heterocycles. The molecule has 0 bridgehead atoms. The fraction of sp³-hybridized carbons (Fsp3) is 0.227. The van der Waals surface area contributed by atoms with E-state index in [0.717, 1.165) is 10.8 Å². The van der Waals surface area contributed by atoms with E-state index in [2.05, 4.69) is 15.6 Å². The summed E-state index contributed by atoms with van der Waals surface area (Å²) in [5, 5.41) is 17.4. The van der Waals surface area contributed by atoms with Crippen molar-refractivity contribution in [3.8, 4) is 0 Å². The molecule has 0 aliphatic carbocycles. The Morgan fingerprint density at radius 1 is 1.19 bits per heavy atom. The van der Waals surface area contributed by atoms with Gasteiger partial charge in [-0.25, -0.2) is 0 Å². The van der Waals surface area contributed by atoms with Crippen LogP contribution in [0.25, 0.3) is 10.8 Å². The maximum absolute atomic E-state index is 12.9. The van der Waals surface area contributed by atoms with Gasteiger partial charge in [0.05, 0.1) is 6.61 Å². The lowest BCUT2D eigenvalue weighted by atomic mass is 10.1. The van der Waals surface area contributed by atoms with Crippen molar-refractivity contribution in [2.75, 3.05) is 34.4 Å². The molecule has 3 aromatic rings. The number of fused-ring (bicyclic) bond motifs is 1. The van der Waals surface area contributed by atoms with E-state index in [1.165, 1.54) is 11.8 Å². The molecule has 2 heterocycles. The summed E-state index contributed by atoms with van der Waals surface area (Å²) in [4.78, 5) is 41.0. The van der Waals surface area contributed by atoms with Gasteiger partial charge in [0.1, 0.15) is 5.82 Å². The summed E-state index contributed by atoms with van der Waals surface area (Å²) in [6, 6.07) is 11.8. The van der Waals surface area contributed by atoms with Gasteiger partial charge in [-0.1, -0.05) is 0 Å². The third-order valence-electron chi connectivity index (χ3n) is 5.17. The molecule has 1 fully saturated rings. The Morgan fingerprint density at radius 2 is 1.91 bits per heavy atom. The highest BCUT2D eigenvalue weighted by Gasteiger charge is 2.39. The SMILES string of the molecule is CC(=O)Nc1ccc(N2CCO[C@H]([C@@H](O)C(=O)Nc3ccc4c(N)[nH]cc4c3)C2=O)cc1. The van der Waals surface area contributed by atoms with E-state index in [1.807, 2.05) is 0 Å². The number of nitrogens with one attached hydrogen (secondary N) is 3. The smallest absolute Gasteiger partial charge is 0.259 e. The van der Waals surface area contributed by atoms with Crippen molar-refractivity contribution in [2.24, 2.45) is 0 Å². The van der Waals surface area contributed by atoms with Gasteiger partial charge in [-0.3, -0.25) is 14.4 Å². The van der Waals surface area contributed by atoms with Crippen LogP contribution in [-0.2, 0) is 19.1 Å². The van der Waals surface area contributed by atoms with Gasteiger partial charge >= 0.3 is 0 Å². The molecule has 0 saturated carbocycles. The number of aromatic amines is 1. The van der Waals surface area contributed by atoms with Crippen molar-refractivity contribution in [1.29, 1.82) is 0 Å². The number of rotatable bonds is 5. The first-order chi connectivity index (χ1) is 15.3. The van der Waals surface area contributed by atoms with Crippen LogP contribution in [0.3, 0.4) is 0 Å². The second-order valence-corrected chi connectivity index (χ2v) is 7.45. The number of ether oxygens (including phenoxy) is 1. The second kappa shape index (κ2) is 8.69. The number of aliphatic hydroxyl groups excluding tert-OH is 1. The van der Waals surface area contributed by atoms with Crippen molar-refractivity contribution >= 4 is 51.4 Å². The number of hydrogen-bond donors (Lipinski definition) is 5. The summed E-state index contributed by atoms with van der Waals surface area (Å²) in [6.07, 6.45) is -1.33. The zero-order chi connectivity index (χ0) is 22.8. The Hall–Kier alpha value is -3.89. The van der Waals surface area contributed by atoms with Gasteiger partial charge in [0.15, 0.2) is 12.2 Å². The molecule has 3 amide bonds. The van der Waals surface area contributed by atoms with Crippen LogP contribution in [0.1, 0.15) is 6.92 Å². The van der Waals surface area contributed by atoms with Crippen molar-refractivity contribution in [3.63, 3.8) is 0 Å². The molecule has 10 nitrogen and oxygen atoms in total. The molecule has 2 aromatic carbocycles. The summed E-state index contributed by atoms with van der Waals surface area (Å²) < 4.78 is 5.43. The highest BCUT2D eigenvalue weighted by molar-refractivity contribution is 6.05. The molecule has 1 saturated heterocycles. The van der Waals surface area contributed by atoms with E-state index < -0.39 is 24.0 Å². The number of aliphatic hydroxyl groups is 1. The molecular weight excluding hydrogens is 414 g/mol. The first kappa shape index (κ1) is 21.3. The topological polar surface area (TPSA) is 150 Å². The highest BCUT2D eigenvalue weighted by atomic mass is 16.5. The van der Waals surface area contributed by atoms with Crippen LogP contribution in [0.2, 0.25) is 0 Å². The van der Waals surface area contributed by atoms with E-state index in [1.54, 1.807) is 48.7 Å². The van der Waals surface area contributed by atoms with Crippen molar-refractivity contribution in [3.05, 3.63) is 48.7 Å². The van der Waals surface area contributed by atoms with Crippen molar-refractivity contribution in [2.45, 2.75) is 19.1 Å². The van der Waals surface area contributed by atoms with Gasteiger partial charge in [0.25, 0.3) is 11.8 Å². The summed E-state index contributed by atoms with van der Waals surface area (Å²) in [6.45, 7) is 1.83. The summed E-state index contributed by atoms with van der Waals surface area (Å²) >= 11 is 0. The van der Waals surface area contributed by atoms with Gasteiger partial charge in [0.2, 0.25) is 5.91 Å². The lowest BCUT2D eigenvalue weighted by Gasteiger charge is -2.34. The Balaban J connectivity index is 1.45. The average Bonchev–Trinajstić information content (AvgIpc) is 3.14. The number of H-pyrrole nitrogens is 1. The van der Waals surface area contributed by atoms with E-state index in [0.29, 0.717) is 22.9 Å². The van der Waals surface area contributed by atoms with E-state index >= 15 is 0 Å². The van der Waals surface area contributed by atoms with E-state index in [9.17, 15) is 19.5 Å². The van der Waals surface area contributed by atoms with Gasteiger partial charge in [-0.2, -0.15) is 0 Å². The lowest BCUT2D eigenvalue weighted by molar-refractivity contribution is -0.150. The predicted molar refractivity (Wildman–Crippen MR) is 120 cm³/mol. The third-order valence-corrected chi connectivity index (χ3v) is 5.17. The zero-order valence-electron chi connectivity index (χ0n) is 17.3. The van der Waals surface area contributed by atoms with Gasteiger partial charge in [0, 0.05) is 47.5 Å². The normalized spacial score (nSPS) is 17.2. The standard InChI is InChI=1S/C22H23N5O5/c1-12(28)25-14-2-5-16(6-3-14)27-8-9-32-19(22(27)31)18(29)21(30)26-15-4-7-17-13(10-15)11-24-20(17)23/h2-7,10-11,18-19,24,29H,8-9,23H2,1H3,(H,25,28)(H,26,30)/t18-,19-/m1/s1. The number of anilines is 4. The van der Waals surface area contributed by atoms with Crippen LogP contribution in [0, 0.1) is 0 Å². The first-order valence-electron chi connectivity index (χ1n) is 9.99. The van der Waals surface area contributed by atoms with Crippen molar-refractivity contribution < 1.29 is 24.2 Å². The summed E-state index contributed by atoms with van der Waals surface area (Å²) in [5.41, 5.74) is 7.44. The number of aromatic nitrogens is 1. The Bertz CT molecular complexity index is 1170. The monoisotopic (exact) mass is 437 g/mol. The molecule has 1 aliphatic rings. The summed E-state index contributed by atoms with van der Waals surface area (Å²) in [5.74, 6) is -0.966. The van der Waals surface area contributed by atoms with Gasteiger partial charge in [-0.05, 0) is 42.5 Å². The molecule has 1 aromatic heterocycles. The fourth-order valence-electron chi connectivity index (χ4n) is 3.61. The van der Waals surface area contributed by atoms with E-state index in [-0.39, 0.29) is 19.1 Å². The van der Waals surface area contributed by atoms with Crippen LogP contribution >= 0.6 is 0 Å². The number of morpholine rings is 1. The number of carbonyl (C=O) groups excluding carboxylic acids is 3. The number of nitrogen functional groups attached to an aromatic ring is 1. The van der Waals surface area contributed by atoms with Gasteiger partial charge < -0.3 is 36.1 Å². The Morgan fingerprint density at radius 3 is 2.62 bits per heavy atom. The van der Waals surface area contributed by atoms with Crippen LogP contribution in [0.4, 0.5) is 22.9 Å². The van der Waals surface area contributed by atoms with Crippen LogP contribution in [0.15, 0.2) is 48.7 Å². The molecule has 0 unspecified atom stereocenters. The minimum absolute atomic E-state index is 0.156. The molecule has 0 radical (unpaired) electrons. The quantitative estimate of drug-likeness (QED) is 0.408. The number of nitrogens with two attached hydrogens (primary N) is 1. The number of amides is 3. The first-order valence-corrected chi connectivity index (χ1v) is 9.99. The highest BCUT2D eigenvalue weighted by Crippen LogP contribution is 2.25. The minimum Gasteiger partial charge on any atom is -0.385 e. The molecule has 0 spiro atoms. The molecule has 32 heavy (non-hydrogen) atoms. The molecule has 4 rings (SSSR count). The second-order valence-electron chi connectivity index (χ2n) is 7.45. The Labute approximate surface area is 183 Å². The summed E-state index contributed by atoms with van der Waals surface area (Å²) in [7, 11) is 0. The fourth-order valence-corrected chi connectivity index (χ4v) is 3.61. The largest absolute Gasteiger partial charge is 0.385 e.